The minimum absolute atomic E-state index is 0.120. The van der Waals surface area contributed by atoms with Gasteiger partial charge in [0.2, 0.25) is 0 Å². The van der Waals surface area contributed by atoms with E-state index in [1.54, 1.807) is 0 Å². The topological polar surface area (TPSA) is 64.3 Å². The number of nitrogens with two attached hydrogens (primary N) is 1. The van der Waals surface area contributed by atoms with Gasteiger partial charge in [0, 0.05) is 17.5 Å². The number of alkyl carbamates (subject to hydrolysis) is 1. The van der Waals surface area contributed by atoms with Crippen molar-refractivity contribution in [3.8, 4) is 0 Å². The number of hydrogen-bond acceptors (Lipinski definition) is 3. The zero-order chi connectivity index (χ0) is 13.8. The van der Waals surface area contributed by atoms with Gasteiger partial charge < -0.3 is 15.8 Å². The SMILES string of the molecule is CC(C)(C)OC(=O)NC1([C@H]2[C@H](N)C2(C)C)CCC1. The van der Waals surface area contributed by atoms with Crippen LogP contribution in [-0.4, -0.2) is 23.3 Å². The van der Waals surface area contributed by atoms with E-state index in [4.69, 9.17) is 10.5 Å². The maximum atomic E-state index is 11.9. The van der Waals surface area contributed by atoms with Crippen molar-refractivity contribution >= 4 is 6.09 Å². The van der Waals surface area contributed by atoms with E-state index in [-0.39, 0.29) is 23.1 Å². The van der Waals surface area contributed by atoms with Gasteiger partial charge in [0.05, 0.1) is 0 Å². The van der Waals surface area contributed by atoms with Gasteiger partial charge in [-0.2, -0.15) is 0 Å². The van der Waals surface area contributed by atoms with Crippen LogP contribution >= 0.6 is 0 Å². The molecule has 0 spiro atoms. The quantitative estimate of drug-likeness (QED) is 0.795. The lowest BCUT2D eigenvalue weighted by Gasteiger charge is -2.44. The summed E-state index contributed by atoms with van der Waals surface area (Å²) in [7, 11) is 0. The summed E-state index contributed by atoms with van der Waals surface area (Å²) in [4.78, 5) is 11.9. The molecule has 0 aromatic carbocycles. The highest BCUT2D eigenvalue weighted by molar-refractivity contribution is 5.69. The van der Waals surface area contributed by atoms with Gasteiger partial charge in [-0.3, -0.25) is 0 Å². The van der Waals surface area contributed by atoms with Crippen LogP contribution in [0.3, 0.4) is 0 Å². The molecular formula is C14H26N2O2. The highest BCUT2D eigenvalue weighted by Gasteiger charge is 2.67. The lowest BCUT2D eigenvalue weighted by molar-refractivity contribution is 0.0327. The Morgan fingerprint density at radius 3 is 2.11 bits per heavy atom. The smallest absolute Gasteiger partial charge is 0.408 e. The zero-order valence-electron chi connectivity index (χ0n) is 12.2. The molecule has 0 aromatic heterocycles. The summed E-state index contributed by atoms with van der Waals surface area (Å²) < 4.78 is 5.36. The Kier molecular flexibility index (Phi) is 2.93. The Balaban J connectivity index is 2.00. The third-order valence-corrected chi connectivity index (χ3v) is 4.50. The van der Waals surface area contributed by atoms with Gasteiger partial charge in [0.25, 0.3) is 0 Å². The number of rotatable bonds is 2. The minimum atomic E-state index is -0.448. The number of carbonyl (C=O) groups excluding carboxylic acids is 1. The van der Waals surface area contributed by atoms with Crippen LogP contribution in [0.25, 0.3) is 0 Å². The number of hydrogen-bond donors (Lipinski definition) is 2. The molecule has 2 rings (SSSR count). The van der Waals surface area contributed by atoms with Crippen LogP contribution in [0.5, 0.6) is 0 Å². The predicted octanol–water partition coefficient (Wildman–Crippen LogP) is 2.42. The summed E-state index contributed by atoms with van der Waals surface area (Å²) in [5.41, 5.74) is 5.72. The van der Waals surface area contributed by atoms with Gasteiger partial charge in [0.15, 0.2) is 0 Å². The Labute approximate surface area is 110 Å². The van der Waals surface area contributed by atoms with E-state index in [9.17, 15) is 4.79 Å². The van der Waals surface area contributed by atoms with E-state index in [0.29, 0.717) is 5.92 Å². The Morgan fingerprint density at radius 1 is 1.33 bits per heavy atom. The maximum absolute atomic E-state index is 11.9. The molecule has 4 nitrogen and oxygen atoms in total. The largest absolute Gasteiger partial charge is 0.444 e. The molecule has 2 aliphatic carbocycles. The first kappa shape index (κ1) is 13.7. The first-order valence-electron chi connectivity index (χ1n) is 6.85. The fourth-order valence-corrected chi connectivity index (χ4v) is 3.31. The van der Waals surface area contributed by atoms with Crippen LogP contribution in [0, 0.1) is 11.3 Å². The van der Waals surface area contributed by atoms with E-state index >= 15 is 0 Å². The van der Waals surface area contributed by atoms with Gasteiger partial charge in [-0.1, -0.05) is 13.8 Å². The van der Waals surface area contributed by atoms with Crippen molar-refractivity contribution in [2.45, 2.75) is 71.1 Å². The molecule has 0 aliphatic heterocycles. The molecule has 0 bridgehead atoms. The second-order valence-electron chi connectivity index (χ2n) is 7.46. The van der Waals surface area contributed by atoms with Gasteiger partial charge >= 0.3 is 6.09 Å². The second-order valence-corrected chi connectivity index (χ2v) is 7.46. The molecule has 0 saturated heterocycles. The molecule has 4 heteroatoms. The highest BCUT2D eigenvalue weighted by Crippen LogP contribution is 2.61. The summed E-state index contributed by atoms with van der Waals surface area (Å²) in [6, 6.07) is 0.188. The molecular weight excluding hydrogens is 228 g/mol. The Bertz CT molecular complexity index is 353. The fourth-order valence-electron chi connectivity index (χ4n) is 3.31. The van der Waals surface area contributed by atoms with Crippen LogP contribution in [0.1, 0.15) is 53.9 Å². The van der Waals surface area contributed by atoms with Crippen molar-refractivity contribution in [3.63, 3.8) is 0 Å². The standard InChI is InChI=1S/C14H26N2O2/c1-12(2,3)18-11(17)16-14(7-6-8-14)9-10(15)13(9,4)5/h9-10H,6-8,15H2,1-5H3,(H,16,17)/t9-,10-/m0/s1. The van der Waals surface area contributed by atoms with Crippen molar-refractivity contribution in [2.75, 3.05) is 0 Å². The maximum Gasteiger partial charge on any atom is 0.408 e. The van der Waals surface area contributed by atoms with Gasteiger partial charge in [0.1, 0.15) is 5.60 Å². The molecule has 104 valence electrons. The molecule has 0 aromatic rings. The van der Waals surface area contributed by atoms with Crippen molar-refractivity contribution in [2.24, 2.45) is 17.1 Å². The molecule has 2 fully saturated rings. The first-order chi connectivity index (χ1) is 8.08. The highest BCUT2D eigenvalue weighted by atomic mass is 16.6. The van der Waals surface area contributed by atoms with Crippen LogP contribution in [-0.2, 0) is 4.74 Å². The van der Waals surface area contributed by atoms with E-state index in [2.05, 4.69) is 19.2 Å². The fraction of sp³-hybridized carbons (Fsp3) is 0.929. The van der Waals surface area contributed by atoms with Gasteiger partial charge in [-0.25, -0.2) is 4.79 Å². The summed E-state index contributed by atoms with van der Waals surface area (Å²) in [6.07, 6.45) is 2.90. The molecule has 0 radical (unpaired) electrons. The Morgan fingerprint density at radius 2 is 1.83 bits per heavy atom. The van der Waals surface area contributed by atoms with E-state index < -0.39 is 5.60 Å². The van der Waals surface area contributed by atoms with Crippen molar-refractivity contribution < 1.29 is 9.53 Å². The number of ether oxygens (including phenoxy) is 1. The summed E-state index contributed by atoms with van der Waals surface area (Å²) in [6.45, 7) is 10.0. The normalized spacial score (nSPS) is 32.3. The zero-order valence-corrected chi connectivity index (χ0v) is 12.2. The van der Waals surface area contributed by atoms with E-state index in [1.165, 1.54) is 0 Å². The van der Waals surface area contributed by atoms with E-state index in [0.717, 1.165) is 19.3 Å². The summed E-state index contributed by atoms with van der Waals surface area (Å²) in [5.74, 6) is 0.381. The van der Waals surface area contributed by atoms with Crippen molar-refractivity contribution in [1.29, 1.82) is 0 Å². The molecule has 1 amide bonds. The lowest BCUT2D eigenvalue weighted by Crippen LogP contribution is -2.57. The predicted molar refractivity (Wildman–Crippen MR) is 71.2 cm³/mol. The van der Waals surface area contributed by atoms with Crippen molar-refractivity contribution in [3.05, 3.63) is 0 Å². The van der Waals surface area contributed by atoms with Crippen molar-refractivity contribution in [1.82, 2.24) is 5.32 Å². The molecule has 0 heterocycles. The monoisotopic (exact) mass is 254 g/mol. The third-order valence-electron chi connectivity index (χ3n) is 4.50. The average Bonchev–Trinajstić information content (AvgIpc) is 2.57. The molecule has 2 saturated carbocycles. The number of amides is 1. The first-order valence-corrected chi connectivity index (χ1v) is 6.85. The molecule has 2 aliphatic rings. The second kappa shape index (κ2) is 3.86. The third kappa shape index (κ3) is 2.22. The van der Waals surface area contributed by atoms with Crippen LogP contribution < -0.4 is 11.1 Å². The van der Waals surface area contributed by atoms with Crippen LogP contribution in [0.2, 0.25) is 0 Å². The minimum Gasteiger partial charge on any atom is -0.444 e. The lowest BCUT2D eigenvalue weighted by atomic mass is 9.71. The molecule has 0 unspecified atom stereocenters. The summed E-state index contributed by atoms with van der Waals surface area (Å²) >= 11 is 0. The summed E-state index contributed by atoms with van der Waals surface area (Å²) in [5, 5.41) is 3.09. The molecule has 3 N–H and O–H groups in total. The van der Waals surface area contributed by atoms with Crippen LogP contribution in [0.15, 0.2) is 0 Å². The van der Waals surface area contributed by atoms with Gasteiger partial charge in [-0.05, 0) is 45.4 Å². The molecule has 2 atom stereocenters. The van der Waals surface area contributed by atoms with E-state index in [1.807, 2.05) is 20.8 Å². The number of carbonyl (C=O) groups is 1. The Hall–Kier alpha value is -0.770. The van der Waals surface area contributed by atoms with Gasteiger partial charge in [-0.15, -0.1) is 0 Å². The average molecular weight is 254 g/mol. The number of nitrogens with one attached hydrogen (secondary N) is 1. The van der Waals surface area contributed by atoms with Crippen LogP contribution in [0.4, 0.5) is 4.79 Å². The molecule has 18 heavy (non-hydrogen) atoms.